The average molecular weight is 482 g/mol. The lowest BCUT2D eigenvalue weighted by Gasteiger charge is -2.16. The molecule has 0 atom stereocenters. The minimum atomic E-state index is -3.59. The van der Waals surface area contributed by atoms with Crippen LogP contribution in [0.1, 0.15) is 13.8 Å². The van der Waals surface area contributed by atoms with E-state index in [0.717, 1.165) is 4.57 Å². The minimum absolute atomic E-state index is 0.102. The van der Waals surface area contributed by atoms with E-state index in [1.807, 2.05) is 6.07 Å². The standard InChI is InChI=1S/C23H23N5O5S/c1-14(2)34(31,32)19-11-7-5-9-17(19)24-20-15-12-13-28(23(29)30)21(15)27-22(26-20)25-16-8-4-6-10-18(16)33-3/h4-14H,1-3H3,(H,29,30)(H2,24,25,26,27). The number of carbonyl (C=O) groups is 1. The third-order valence-electron chi connectivity index (χ3n) is 5.17. The molecule has 3 N–H and O–H groups in total. The number of sulfone groups is 1. The molecule has 0 spiro atoms. The van der Waals surface area contributed by atoms with E-state index in [9.17, 15) is 18.3 Å². The van der Waals surface area contributed by atoms with Gasteiger partial charge in [-0.25, -0.2) is 17.8 Å². The van der Waals surface area contributed by atoms with Crippen LogP contribution in [0.15, 0.2) is 65.7 Å². The molecule has 0 fully saturated rings. The van der Waals surface area contributed by atoms with Crippen LogP contribution in [0.3, 0.4) is 0 Å². The van der Waals surface area contributed by atoms with Gasteiger partial charge in [-0.1, -0.05) is 24.3 Å². The number of hydrogen-bond acceptors (Lipinski definition) is 8. The topological polar surface area (TPSA) is 135 Å². The van der Waals surface area contributed by atoms with Gasteiger partial charge in [0.2, 0.25) is 5.95 Å². The van der Waals surface area contributed by atoms with Crippen molar-refractivity contribution in [2.45, 2.75) is 24.0 Å². The fraction of sp³-hybridized carbons (Fsp3) is 0.174. The molecule has 0 bridgehead atoms. The molecular formula is C23H23N5O5S. The second-order valence-corrected chi connectivity index (χ2v) is 10.1. The molecule has 0 aliphatic heterocycles. The van der Waals surface area contributed by atoms with E-state index in [0.29, 0.717) is 22.5 Å². The molecule has 0 radical (unpaired) electrons. The fourth-order valence-electron chi connectivity index (χ4n) is 3.39. The Morgan fingerprint density at radius 3 is 2.35 bits per heavy atom. The molecule has 2 aromatic carbocycles. The number of methoxy groups -OCH3 is 1. The first-order valence-electron chi connectivity index (χ1n) is 10.3. The van der Waals surface area contributed by atoms with Crippen molar-refractivity contribution in [3.8, 4) is 5.75 Å². The first kappa shape index (κ1) is 23.1. The van der Waals surface area contributed by atoms with Gasteiger partial charge in [0.25, 0.3) is 0 Å². The van der Waals surface area contributed by atoms with Crippen LogP contribution in [0.4, 0.5) is 27.9 Å². The van der Waals surface area contributed by atoms with Crippen molar-refractivity contribution in [1.82, 2.24) is 14.5 Å². The van der Waals surface area contributed by atoms with Crippen LogP contribution in [0.2, 0.25) is 0 Å². The van der Waals surface area contributed by atoms with Gasteiger partial charge in [0.1, 0.15) is 11.6 Å². The van der Waals surface area contributed by atoms with Crippen molar-refractivity contribution < 1.29 is 23.1 Å². The molecule has 2 heterocycles. The number of aromatic nitrogens is 3. The number of nitrogens with one attached hydrogen (secondary N) is 2. The summed E-state index contributed by atoms with van der Waals surface area (Å²) in [6, 6.07) is 15.2. The Labute approximate surface area is 196 Å². The molecule has 34 heavy (non-hydrogen) atoms. The molecule has 0 aliphatic carbocycles. The number of benzene rings is 2. The number of hydrogen-bond donors (Lipinski definition) is 3. The van der Waals surface area contributed by atoms with Gasteiger partial charge < -0.3 is 20.5 Å². The highest BCUT2D eigenvalue weighted by atomic mass is 32.2. The Morgan fingerprint density at radius 1 is 1.00 bits per heavy atom. The summed E-state index contributed by atoms with van der Waals surface area (Å²) in [5.41, 5.74) is 1.03. The summed E-state index contributed by atoms with van der Waals surface area (Å²) in [7, 11) is -2.07. The van der Waals surface area contributed by atoms with Crippen molar-refractivity contribution in [2.75, 3.05) is 17.7 Å². The van der Waals surface area contributed by atoms with Crippen LogP contribution in [-0.4, -0.2) is 46.5 Å². The summed E-state index contributed by atoms with van der Waals surface area (Å²) in [5, 5.41) is 15.5. The average Bonchev–Trinajstić information content (AvgIpc) is 3.24. The van der Waals surface area contributed by atoms with Crippen LogP contribution in [0.5, 0.6) is 5.75 Å². The van der Waals surface area contributed by atoms with Crippen molar-refractivity contribution in [3.05, 3.63) is 60.8 Å². The molecule has 0 saturated carbocycles. The third-order valence-corrected chi connectivity index (χ3v) is 7.38. The lowest BCUT2D eigenvalue weighted by atomic mass is 10.3. The maximum atomic E-state index is 12.9. The Bertz CT molecular complexity index is 1480. The predicted molar refractivity (Wildman–Crippen MR) is 129 cm³/mol. The Kier molecular flexibility index (Phi) is 6.12. The Hall–Kier alpha value is -4.12. The highest BCUT2D eigenvalue weighted by Gasteiger charge is 2.24. The SMILES string of the molecule is COc1ccccc1Nc1nc(Nc2ccccc2S(=O)(=O)C(C)C)c2ccn(C(=O)O)c2n1. The largest absolute Gasteiger partial charge is 0.495 e. The van der Waals surface area contributed by atoms with Gasteiger partial charge >= 0.3 is 6.09 Å². The molecule has 0 aliphatic rings. The van der Waals surface area contributed by atoms with Crippen LogP contribution < -0.4 is 15.4 Å². The summed E-state index contributed by atoms with van der Waals surface area (Å²) in [6.07, 6.45) is 0.141. The van der Waals surface area contributed by atoms with E-state index in [-0.39, 0.29) is 22.3 Å². The molecule has 4 rings (SSSR count). The van der Waals surface area contributed by atoms with E-state index < -0.39 is 21.2 Å². The molecule has 0 unspecified atom stereocenters. The van der Waals surface area contributed by atoms with E-state index in [2.05, 4.69) is 20.6 Å². The van der Waals surface area contributed by atoms with Crippen LogP contribution in [-0.2, 0) is 9.84 Å². The summed E-state index contributed by atoms with van der Waals surface area (Å²) in [6.45, 7) is 3.22. The highest BCUT2D eigenvalue weighted by molar-refractivity contribution is 7.92. The fourth-order valence-corrected chi connectivity index (χ4v) is 4.59. The van der Waals surface area contributed by atoms with Gasteiger partial charge in [0, 0.05) is 6.20 Å². The number of carboxylic acid groups (broad SMARTS) is 1. The van der Waals surface area contributed by atoms with Crippen molar-refractivity contribution in [1.29, 1.82) is 0 Å². The van der Waals surface area contributed by atoms with Gasteiger partial charge in [0.15, 0.2) is 15.5 Å². The first-order valence-corrected chi connectivity index (χ1v) is 11.9. The number of nitrogens with zero attached hydrogens (tertiary/aromatic N) is 3. The summed E-state index contributed by atoms with van der Waals surface area (Å²) < 4.78 is 32.1. The van der Waals surface area contributed by atoms with Gasteiger partial charge in [0.05, 0.1) is 34.0 Å². The number of para-hydroxylation sites is 3. The van der Waals surface area contributed by atoms with Crippen molar-refractivity contribution in [2.24, 2.45) is 0 Å². The van der Waals surface area contributed by atoms with Crippen LogP contribution >= 0.6 is 0 Å². The normalized spacial score (nSPS) is 11.5. The molecule has 0 saturated heterocycles. The van der Waals surface area contributed by atoms with E-state index in [1.54, 1.807) is 56.3 Å². The van der Waals surface area contributed by atoms with Crippen molar-refractivity contribution >= 4 is 50.1 Å². The maximum Gasteiger partial charge on any atom is 0.417 e. The molecule has 176 valence electrons. The Balaban J connectivity index is 1.86. The number of fused-ring (bicyclic) bond motifs is 1. The van der Waals surface area contributed by atoms with E-state index >= 15 is 0 Å². The van der Waals surface area contributed by atoms with E-state index in [1.165, 1.54) is 19.4 Å². The third kappa shape index (κ3) is 4.25. The predicted octanol–water partition coefficient (Wildman–Crippen LogP) is 4.64. The molecule has 2 aromatic heterocycles. The molecule has 10 nitrogen and oxygen atoms in total. The summed E-state index contributed by atoms with van der Waals surface area (Å²) >= 11 is 0. The molecular weight excluding hydrogens is 458 g/mol. The zero-order valence-electron chi connectivity index (χ0n) is 18.7. The lowest BCUT2D eigenvalue weighted by molar-refractivity contribution is 0.197. The van der Waals surface area contributed by atoms with Crippen LogP contribution in [0.25, 0.3) is 11.0 Å². The van der Waals surface area contributed by atoms with Gasteiger partial charge in [-0.3, -0.25) is 0 Å². The molecule has 0 amide bonds. The monoisotopic (exact) mass is 481 g/mol. The Morgan fingerprint density at radius 2 is 1.68 bits per heavy atom. The van der Waals surface area contributed by atoms with Gasteiger partial charge in [-0.05, 0) is 44.2 Å². The van der Waals surface area contributed by atoms with Gasteiger partial charge in [-0.2, -0.15) is 9.97 Å². The van der Waals surface area contributed by atoms with E-state index in [4.69, 9.17) is 4.74 Å². The second-order valence-electron chi connectivity index (χ2n) is 7.64. The summed E-state index contributed by atoms with van der Waals surface area (Å²) in [4.78, 5) is 20.8. The smallest absolute Gasteiger partial charge is 0.417 e. The van der Waals surface area contributed by atoms with Crippen molar-refractivity contribution in [3.63, 3.8) is 0 Å². The van der Waals surface area contributed by atoms with Gasteiger partial charge in [-0.15, -0.1) is 0 Å². The second kappa shape index (κ2) is 9.02. The zero-order chi connectivity index (χ0) is 24.5. The minimum Gasteiger partial charge on any atom is -0.495 e. The quantitative estimate of drug-likeness (QED) is 0.345. The molecule has 4 aromatic rings. The number of anilines is 4. The summed E-state index contributed by atoms with van der Waals surface area (Å²) in [5.74, 6) is 0.890. The van der Waals surface area contributed by atoms with Crippen LogP contribution in [0, 0.1) is 0 Å². The highest BCUT2D eigenvalue weighted by Crippen LogP contribution is 2.32. The molecule has 11 heteroatoms. The lowest BCUT2D eigenvalue weighted by Crippen LogP contribution is -2.16. The number of ether oxygens (including phenoxy) is 1. The zero-order valence-corrected chi connectivity index (χ0v) is 19.5. The first-order chi connectivity index (χ1) is 16.2. The maximum absolute atomic E-state index is 12.9. The number of rotatable bonds is 7.